The van der Waals surface area contributed by atoms with E-state index in [2.05, 4.69) is 47.5 Å². The number of hydrogen-bond acceptors (Lipinski definition) is 6. The third kappa shape index (κ3) is 8.58. The van der Waals surface area contributed by atoms with Gasteiger partial charge in [0.25, 0.3) is 8.53 Å². The van der Waals surface area contributed by atoms with Crippen molar-refractivity contribution in [2.45, 2.75) is 72.7 Å². The second kappa shape index (κ2) is 12.7. The third-order valence-electron chi connectivity index (χ3n) is 3.92. The van der Waals surface area contributed by atoms with Crippen LogP contribution in [-0.2, 0) is 20.4 Å². The van der Waals surface area contributed by atoms with Gasteiger partial charge in [0.1, 0.15) is 12.4 Å². The van der Waals surface area contributed by atoms with Gasteiger partial charge in [0.05, 0.1) is 12.6 Å². The van der Waals surface area contributed by atoms with Crippen LogP contribution in [-0.4, -0.2) is 51.5 Å². The number of nitrogens with one attached hydrogen (secondary N) is 1. The minimum Gasteiger partial charge on any atom is -0.317 e. The number of carbonyl (C=O) groups excluding carboxylic acids is 1. The van der Waals surface area contributed by atoms with Gasteiger partial charge >= 0.3 is 5.69 Å². The average Bonchev–Trinajstić information content (AvgIpc) is 2.62. The van der Waals surface area contributed by atoms with Crippen LogP contribution in [0, 0.1) is 6.57 Å². The molecule has 1 N–H and O–H groups in total. The van der Waals surface area contributed by atoms with E-state index >= 15 is 0 Å². The molecule has 2 atom stereocenters. The molecule has 1 amide bonds. The lowest BCUT2D eigenvalue weighted by Gasteiger charge is -2.37. The van der Waals surface area contributed by atoms with Crippen LogP contribution in [0.4, 0.5) is 5.82 Å². The quantitative estimate of drug-likeness (QED) is 0.314. The van der Waals surface area contributed by atoms with Crippen LogP contribution in [0.25, 0.3) is 4.85 Å². The Morgan fingerprint density at radius 3 is 2.52 bits per heavy atom. The van der Waals surface area contributed by atoms with E-state index in [1.54, 1.807) is 12.3 Å². The molecule has 0 aliphatic rings. The van der Waals surface area contributed by atoms with Crippen molar-refractivity contribution in [2.75, 3.05) is 18.5 Å². The number of hydrogen-bond donors (Lipinski definition) is 1. The fourth-order valence-electron chi connectivity index (χ4n) is 2.69. The van der Waals surface area contributed by atoms with E-state index < -0.39 is 14.2 Å². The van der Waals surface area contributed by atoms with Crippen LogP contribution in [0.5, 0.6) is 0 Å². The first-order valence-electron chi connectivity index (χ1n) is 9.75. The van der Waals surface area contributed by atoms with Crippen molar-refractivity contribution in [1.82, 2.24) is 14.2 Å². The maximum absolute atomic E-state index is 12.3. The Kier molecular flexibility index (Phi) is 11.0. The number of nitrogens with zero attached hydrogens (tertiary/aromatic N) is 4. The molecule has 0 radical (unpaired) electrons. The first-order valence-corrected chi connectivity index (χ1v) is 10.9. The Morgan fingerprint density at radius 2 is 2.03 bits per heavy atom. The molecule has 9 nitrogen and oxygen atoms in total. The predicted molar refractivity (Wildman–Crippen MR) is 114 cm³/mol. The third-order valence-corrected chi connectivity index (χ3v) is 6.11. The molecular weight excluding hydrogens is 393 g/mol. The molecular formula is C19H32N5O4P. The molecule has 1 rings (SSSR count). The molecule has 0 aromatic carbocycles. The van der Waals surface area contributed by atoms with Gasteiger partial charge in [-0.15, -0.1) is 0 Å². The summed E-state index contributed by atoms with van der Waals surface area (Å²) in [6, 6.07) is 1.99. The fourth-order valence-corrected chi connectivity index (χ4v) is 4.46. The Hall–Kier alpha value is -1.85. The maximum Gasteiger partial charge on any atom is 0.349 e. The van der Waals surface area contributed by atoms with Gasteiger partial charge < -0.3 is 19.2 Å². The second-order valence-electron chi connectivity index (χ2n) is 7.08. The van der Waals surface area contributed by atoms with Crippen molar-refractivity contribution in [3.8, 4) is 0 Å². The summed E-state index contributed by atoms with van der Waals surface area (Å²) in [5, 5.41) is 2.50. The summed E-state index contributed by atoms with van der Waals surface area (Å²) in [5.41, 5.74) is -0.457. The summed E-state index contributed by atoms with van der Waals surface area (Å²) >= 11 is 0. The van der Waals surface area contributed by atoms with Crippen LogP contribution in [0.15, 0.2) is 17.1 Å². The Labute approximate surface area is 174 Å². The van der Waals surface area contributed by atoms with Crippen LogP contribution in [0.1, 0.15) is 48.0 Å². The molecule has 0 bridgehead atoms. The van der Waals surface area contributed by atoms with E-state index in [0.717, 1.165) is 0 Å². The van der Waals surface area contributed by atoms with E-state index in [9.17, 15) is 9.59 Å². The fraction of sp³-hybridized carbons (Fsp3) is 0.684. The normalized spacial score (nSPS) is 13.5. The van der Waals surface area contributed by atoms with Gasteiger partial charge in [-0.05, 0) is 40.2 Å². The molecule has 0 fully saturated rings. The van der Waals surface area contributed by atoms with Gasteiger partial charge in [-0.3, -0.25) is 9.36 Å². The van der Waals surface area contributed by atoms with Crippen LogP contribution >= 0.6 is 8.53 Å². The summed E-state index contributed by atoms with van der Waals surface area (Å²) < 4.78 is 15.8. The Bertz CT molecular complexity index is 739. The van der Waals surface area contributed by atoms with E-state index in [1.165, 1.54) is 11.5 Å². The highest BCUT2D eigenvalue weighted by atomic mass is 31.2. The summed E-state index contributed by atoms with van der Waals surface area (Å²) in [6.45, 7) is 19.5. The van der Waals surface area contributed by atoms with Crippen LogP contribution in [0.3, 0.4) is 0 Å². The highest BCUT2D eigenvalue weighted by Gasteiger charge is 2.30. The van der Waals surface area contributed by atoms with Crippen molar-refractivity contribution in [1.29, 1.82) is 0 Å². The lowest BCUT2D eigenvalue weighted by atomic mass is 10.3. The van der Waals surface area contributed by atoms with Gasteiger partial charge in [-0.25, -0.2) is 16.0 Å². The molecule has 1 heterocycles. The van der Waals surface area contributed by atoms with E-state index in [1.807, 2.05) is 6.92 Å². The van der Waals surface area contributed by atoms with E-state index in [0.29, 0.717) is 19.6 Å². The molecule has 162 valence electrons. The zero-order valence-electron chi connectivity index (χ0n) is 18.1. The lowest BCUT2D eigenvalue weighted by molar-refractivity contribution is -0.114. The summed E-state index contributed by atoms with van der Waals surface area (Å²) in [4.78, 5) is 30.6. The lowest BCUT2D eigenvalue weighted by Crippen LogP contribution is -2.36. The van der Waals surface area contributed by atoms with E-state index in [4.69, 9.17) is 15.6 Å². The number of aromatic nitrogens is 2. The predicted octanol–water partition coefficient (Wildman–Crippen LogP) is 3.28. The van der Waals surface area contributed by atoms with Crippen LogP contribution < -0.4 is 11.0 Å². The van der Waals surface area contributed by atoms with Crippen LogP contribution in [0.2, 0.25) is 0 Å². The molecule has 0 aliphatic heterocycles. The zero-order chi connectivity index (χ0) is 22.0. The highest BCUT2D eigenvalue weighted by Crippen LogP contribution is 2.47. The molecule has 1 unspecified atom stereocenters. The van der Waals surface area contributed by atoms with Crippen molar-refractivity contribution in [3.63, 3.8) is 0 Å². The molecule has 0 saturated heterocycles. The molecule has 0 spiro atoms. The topological polar surface area (TPSA) is 90.0 Å². The smallest absolute Gasteiger partial charge is 0.317 e. The van der Waals surface area contributed by atoms with Crippen molar-refractivity contribution >= 4 is 20.3 Å². The van der Waals surface area contributed by atoms with Gasteiger partial charge in [-0.2, -0.15) is 4.98 Å². The number of anilines is 1. The summed E-state index contributed by atoms with van der Waals surface area (Å²) in [6.07, 6.45) is 2.01. The first-order chi connectivity index (χ1) is 13.7. The minimum absolute atomic E-state index is 0.202. The zero-order valence-corrected chi connectivity index (χ0v) is 19.0. The molecule has 0 aliphatic carbocycles. The molecule has 29 heavy (non-hydrogen) atoms. The summed E-state index contributed by atoms with van der Waals surface area (Å²) in [7, 11) is -1.39. The number of amides is 1. The largest absolute Gasteiger partial charge is 0.349 e. The second-order valence-corrected chi connectivity index (χ2v) is 8.49. The SMILES string of the molecule is [C-]#[N+]CCOP(O[C@H](CC)Cn1ccc(NC(C)=O)nc1=O)N(C(C)C)C(C)C. The standard InChI is InChI=1S/C19H32N5O4P/c1-8-17(13-23-11-9-18(21-16(6)25)22-19(23)26)28-29(27-12-10-20-7)24(14(2)3)15(4)5/h9,11,14-15,17H,8,10,12-13H2,1-6H3,(H,21,22,25,26)/t17-,29?/m1/s1. The number of carbonyl (C=O) groups is 1. The molecule has 1 aromatic rings. The first kappa shape index (κ1) is 25.2. The van der Waals surface area contributed by atoms with Gasteiger partial charge in [0.2, 0.25) is 12.5 Å². The van der Waals surface area contributed by atoms with Crippen molar-refractivity contribution in [2.24, 2.45) is 0 Å². The van der Waals surface area contributed by atoms with Crippen molar-refractivity contribution in [3.05, 3.63) is 34.2 Å². The maximum atomic E-state index is 12.3. The Balaban J connectivity index is 2.96. The van der Waals surface area contributed by atoms with Crippen molar-refractivity contribution < 1.29 is 13.8 Å². The monoisotopic (exact) mass is 425 g/mol. The van der Waals surface area contributed by atoms with Gasteiger partial charge in [-0.1, -0.05) is 6.92 Å². The average molecular weight is 425 g/mol. The molecule has 1 aromatic heterocycles. The minimum atomic E-state index is -1.39. The number of rotatable bonds is 12. The highest BCUT2D eigenvalue weighted by molar-refractivity contribution is 7.44. The van der Waals surface area contributed by atoms with Gasteiger partial charge in [0.15, 0.2) is 0 Å². The summed E-state index contributed by atoms with van der Waals surface area (Å²) in [5.74, 6) is -0.0580. The molecule has 10 heteroatoms. The molecule has 0 saturated carbocycles. The van der Waals surface area contributed by atoms with E-state index in [-0.39, 0.29) is 36.5 Å². The van der Waals surface area contributed by atoms with Gasteiger partial charge in [0, 0.05) is 25.2 Å². The Morgan fingerprint density at radius 1 is 1.38 bits per heavy atom.